The summed E-state index contributed by atoms with van der Waals surface area (Å²) < 4.78 is 0. The number of hydrogen-bond donors (Lipinski definition) is 1. The number of rotatable bonds is 5. The van der Waals surface area contributed by atoms with E-state index in [1.165, 1.54) is 11.1 Å². The highest BCUT2D eigenvalue weighted by molar-refractivity contribution is 5.85. The van der Waals surface area contributed by atoms with Crippen LogP contribution in [0.1, 0.15) is 36.1 Å². The maximum atomic E-state index is 12.8. The molecule has 1 fully saturated rings. The lowest BCUT2D eigenvalue weighted by Gasteiger charge is -2.36. The molecule has 1 aromatic heterocycles. The lowest BCUT2D eigenvalue weighted by Crippen LogP contribution is -2.48. The molecule has 1 aliphatic heterocycles. The molecule has 142 valence electrons. The van der Waals surface area contributed by atoms with Crippen molar-refractivity contribution in [3.8, 4) is 0 Å². The monoisotopic (exact) mass is 395 g/mol. The summed E-state index contributed by atoms with van der Waals surface area (Å²) in [5.41, 5.74) is 3.71. The molecule has 1 saturated heterocycles. The molecule has 26 heavy (non-hydrogen) atoms. The zero-order valence-electron chi connectivity index (χ0n) is 15.1. The lowest BCUT2D eigenvalue weighted by molar-refractivity contribution is -0.134. The minimum Gasteiger partial charge on any atom is -0.333 e. The van der Waals surface area contributed by atoms with Crippen LogP contribution in [-0.4, -0.2) is 35.4 Å². The second kappa shape index (κ2) is 11.2. The maximum Gasteiger partial charge on any atom is 0.223 e. The average Bonchev–Trinajstić information content (AvgIpc) is 2.67. The Kier molecular flexibility index (Phi) is 9.63. The standard InChI is InChI=1S/C20H25N3O.2ClH/c1-2-16-3-6-18(7-4-16)19-15-22-13-14-23(19)20(24)8-5-17-9-11-21-12-10-17;;/h3-4,6-7,9-12,19,22H,2,5,8,13-15H2,1H3;2*1H. The molecular formula is C20H27Cl2N3O. The molecule has 1 N–H and O–H groups in total. The first kappa shape index (κ1) is 22.4. The smallest absolute Gasteiger partial charge is 0.223 e. The number of carbonyl (C=O) groups is 1. The van der Waals surface area contributed by atoms with Crippen molar-refractivity contribution < 1.29 is 4.79 Å². The Morgan fingerprint density at radius 1 is 1.12 bits per heavy atom. The van der Waals surface area contributed by atoms with Gasteiger partial charge in [0.15, 0.2) is 0 Å². The fourth-order valence-electron chi connectivity index (χ4n) is 3.22. The molecule has 0 bridgehead atoms. The number of aromatic nitrogens is 1. The highest BCUT2D eigenvalue weighted by atomic mass is 35.5. The SMILES string of the molecule is CCc1ccc(C2CNCCN2C(=O)CCc2ccncc2)cc1.Cl.Cl. The van der Waals surface area contributed by atoms with Crippen molar-refractivity contribution in [1.82, 2.24) is 15.2 Å². The second-order valence-electron chi connectivity index (χ2n) is 6.26. The molecule has 2 heterocycles. The van der Waals surface area contributed by atoms with E-state index in [2.05, 4.69) is 41.5 Å². The van der Waals surface area contributed by atoms with Gasteiger partial charge in [-0.15, -0.1) is 24.8 Å². The van der Waals surface area contributed by atoms with Crippen molar-refractivity contribution in [2.24, 2.45) is 0 Å². The number of aryl methyl sites for hydroxylation is 2. The number of benzene rings is 1. The van der Waals surface area contributed by atoms with Crippen LogP contribution in [0.3, 0.4) is 0 Å². The normalized spacial score (nSPS) is 16.3. The number of halogens is 2. The number of nitrogens with zero attached hydrogens (tertiary/aromatic N) is 2. The molecule has 0 spiro atoms. The molecule has 4 nitrogen and oxygen atoms in total. The summed E-state index contributed by atoms with van der Waals surface area (Å²) in [6, 6.07) is 12.8. The number of carbonyl (C=O) groups excluding carboxylic acids is 1. The first-order valence-electron chi connectivity index (χ1n) is 8.76. The fraction of sp³-hybridized carbons (Fsp3) is 0.400. The van der Waals surface area contributed by atoms with E-state index in [0.29, 0.717) is 6.42 Å². The lowest BCUT2D eigenvalue weighted by atomic mass is 10.00. The molecule has 1 atom stereocenters. The molecule has 3 rings (SSSR count). The van der Waals surface area contributed by atoms with E-state index < -0.39 is 0 Å². The first-order valence-corrected chi connectivity index (χ1v) is 8.76. The van der Waals surface area contributed by atoms with E-state index in [4.69, 9.17) is 0 Å². The molecule has 1 unspecified atom stereocenters. The molecular weight excluding hydrogens is 369 g/mol. The van der Waals surface area contributed by atoms with Gasteiger partial charge in [0.05, 0.1) is 6.04 Å². The van der Waals surface area contributed by atoms with Gasteiger partial charge in [-0.2, -0.15) is 0 Å². The van der Waals surface area contributed by atoms with Crippen molar-refractivity contribution in [2.75, 3.05) is 19.6 Å². The molecule has 1 aromatic carbocycles. The van der Waals surface area contributed by atoms with Crippen molar-refractivity contribution in [1.29, 1.82) is 0 Å². The third-order valence-electron chi connectivity index (χ3n) is 4.71. The van der Waals surface area contributed by atoms with Crippen LogP contribution in [0.25, 0.3) is 0 Å². The molecule has 0 aliphatic carbocycles. The largest absolute Gasteiger partial charge is 0.333 e. The van der Waals surface area contributed by atoms with Gasteiger partial charge in [-0.05, 0) is 41.7 Å². The van der Waals surface area contributed by atoms with Gasteiger partial charge in [0.1, 0.15) is 0 Å². The number of amides is 1. The first-order chi connectivity index (χ1) is 11.8. The highest BCUT2D eigenvalue weighted by Gasteiger charge is 2.27. The summed E-state index contributed by atoms with van der Waals surface area (Å²) in [6.45, 7) is 4.62. The van der Waals surface area contributed by atoms with E-state index in [1.807, 2.05) is 17.0 Å². The van der Waals surface area contributed by atoms with Crippen LogP contribution in [0.2, 0.25) is 0 Å². The molecule has 1 aliphatic rings. The van der Waals surface area contributed by atoms with Crippen LogP contribution in [-0.2, 0) is 17.6 Å². The summed E-state index contributed by atoms with van der Waals surface area (Å²) in [7, 11) is 0. The minimum absolute atomic E-state index is 0. The van der Waals surface area contributed by atoms with Gasteiger partial charge >= 0.3 is 0 Å². The number of pyridine rings is 1. The Bertz CT molecular complexity index is 665. The van der Waals surface area contributed by atoms with Gasteiger partial charge in [0.25, 0.3) is 0 Å². The van der Waals surface area contributed by atoms with Gasteiger partial charge in [-0.25, -0.2) is 0 Å². The maximum absolute atomic E-state index is 12.8. The van der Waals surface area contributed by atoms with Gasteiger partial charge in [0.2, 0.25) is 5.91 Å². The molecule has 2 aromatic rings. The van der Waals surface area contributed by atoms with E-state index in [1.54, 1.807) is 12.4 Å². The Morgan fingerprint density at radius 2 is 1.81 bits per heavy atom. The van der Waals surface area contributed by atoms with Crippen LogP contribution in [0.15, 0.2) is 48.8 Å². The Morgan fingerprint density at radius 3 is 2.46 bits per heavy atom. The van der Waals surface area contributed by atoms with Crippen molar-refractivity contribution >= 4 is 30.7 Å². The summed E-state index contributed by atoms with van der Waals surface area (Å²) in [4.78, 5) is 18.8. The summed E-state index contributed by atoms with van der Waals surface area (Å²) in [6.07, 6.45) is 5.92. The molecule has 0 saturated carbocycles. The van der Waals surface area contributed by atoms with Crippen LogP contribution in [0.5, 0.6) is 0 Å². The number of hydrogen-bond acceptors (Lipinski definition) is 3. The van der Waals surface area contributed by atoms with Crippen LogP contribution < -0.4 is 5.32 Å². The fourth-order valence-corrected chi connectivity index (χ4v) is 3.22. The van der Waals surface area contributed by atoms with E-state index in [0.717, 1.165) is 38.0 Å². The predicted molar refractivity (Wildman–Crippen MR) is 110 cm³/mol. The highest BCUT2D eigenvalue weighted by Crippen LogP contribution is 2.24. The molecule has 6 heteroatoms. The quantitative estimate of drug-likeness (QED) is 0.840. The Labute approximate surface area is 168 Å². The summed E-state index contributed by atoms with van der Waals surface area (Å²) >= 11 is 0. The van der Waals surface area contributed by atoms with Crippen molar-refractivity contribution in [3.05, 3.63) is 65.5 Å². The number of nitrogens with one attached hydrogen (secondary N) is 1. The zero-order valence-corrected chi connectivity index (χ0v) is 16.7. The van der Waals surface area contributed by atoms with Gasteiger partial charge in [-0.1, -0.05) is 31.2 Å². The Hall–Kier alpha value is -1.62. The van der Waals surface area contributed by atoms with Gasteiger partial charge < -0.3 is 10.2 Å². The van der Waals surface area contributed by atoms with Crippen molar-refractivity contribution in [3.63, 3.8) is 0 Å². The summed E-state index contributed by atoms with van der Waals surface area (Å²) in [5, 5.41) is 3.42. The van der Waals surface area contributed by atoms with E-state index in [9.17, 15) is 4.79 Å². The summed E-state index contributed by atoms with van der Waals surface area (Å²) in [5.74, 6) is 0.234. The third-order valence-corrected chi connectivity index (χ3v) is 4.71. The van der Waals surface area contributed by atoms with Gasteiger partial charge in [-0.3, -0.25) is 9.78 Å². The topological polar surface area (TPSA) is 45.2 Å². The zero-order chi connectivity index (χ0) is 16.8. The van der Waals surface area contributed by atoms with Crippen molar-refractivity contribution in [2.45, 2.75) is 32.2 Å². The van der Waals surface area contributed by atoms with Crippen LogP contribution in [0, 0.1) is 0 Å². The van der Waals surface area contributed by atoms with Crippen LogP contribution >= 0.6 is 24.8 Å². The molecule has 1 amide bonds. The number of piperazine rings is 1. The van der Waals surface area contributed by atoms with E-state index in [-0.39, 0.29) is 36.8 Å². The van der Waals surface area contributed by atoms with E-state index >= 15 is 0 Å². The predicted octanol–water partition coefficient (Wildman–Crippen LogP) is 3.59. The Balaban J connectivity index is 0.00000169. The van der Waals surface area contributed by atoms with Gasteiger partial charge in [0, 0.05) is 38.4 Å². The van der Waals surface area contributed by atoms with Crippen LogP contribution in [0.4, 0.5) is 0 Å². The average molecular weight is 396 g/mol. The second-order valence-corrected chi connectivity index (χ2v) is 6.26. The molecule has 0 radical (unpaired) electrons. The third kappa shape index (κ3) is 5.70. The minimum atomic E-state index is 0.